The molecule has 5 heteroatoms. The minimum absolute atomic E-state index is 0.210. The van der Waals surface area contributed by atoms with Crippen molar-refractivity contribution in [2.45, 2.75) is 19.8 Å². The van der Waals surface area contributed by atoms with Crippen LogP contribution in [0.15, 0.2) is 36.4 Å². The van der Waals surface area contributed by atoms with Gasteiger partial charge in [-0.05, 0) is 37.5 Å². The van der Waals surface area contributed by atoms with Crippen molar-refractivity contribution < 1.29 is 14.4 Å². The van der Waals surface area contributed by atoms with Gasteiger partial charge in [0.15, 0.2) is 0 Å². The molecular formula is C17H18N2O3. The van der Waals surface area contributed by atoms with Crippen LogP contribution in [-0.4, -0.2) is 29.2 Å². The predicted octanol–water partition coefficient (Wildman–Crippen LogP) is 1.88. The van der Waals surface area contributed by atoms with E-state index in [2.05, 4.69) is 5.32 Å². The number of hydrogen-bond donors (Lipinski definition) is 1. The molecule has 1 fully saturated rings. The van der Waals surface area contributed by atoms with Crippen LogP contribution >= 0.6 is 0 Å². The number of likely N-dealkylation sites (tertiary alicyclic amines) is 1. The topological polar surface area (TPSA) is 66.5 Å². The van der Waals surface area contributed by atoms with Crippen LogP contribution < -0.4 is 5.32 Å². The molecule has 1 aromatic carbocycles. The second-order valence-corrected chi connectivity index (χ2v) is 5.84. The number of nitrogens with one attached hydrogen (secondary N) is 1. The summed E-state index contributed by atoms with van der Waals surface area (Å²) in [6, 6.07) is 7.40. The summed E-state index contributed by atoms with van der Waals surface area (Å²) in [6.45, 7) is 1.72. The number of hydrogen-bond acceptors (Lipinski definition) is 3. The standard InChI is InChI=1S/C17H18N2O3/c1-11-5-4-6-12(9-11)18-15(20)10-19-16(21)13-7-2-3-8-14(13)17(19)22/h2-6,9,13-14H,7-8,10H2,1H3,(H,18,20). The molecule has 3 rings (SSSR count). The minimum Gasteiger partial charge on any atom is -0.325 e. The van der Waals surface area contributed by atoms with Crippen LogP contribution in [0.1, 0.15) is 18.4 Å². The van der Waals surface area contributed by atoms with E-state index in [0.717, 1.165) is 10.5 Å². The quantitative estimate of drug-likeness (QED) is 0.684. The van der Waals surface area contributed by atoms with E-state index in [4.69, 9.17) is 0 Å². The fraction of sp³-hybridized carbons (Fsp3) is 0.353. The first-order valence-corrected chi connectivity index (χ1v) is 7.43. The zero-order valence-electron chi connectivity index (χ0n) is 12.4. The fourth-order valence-electron chi connectivity index (χ4n) is 3.09. The van der Waals surface area contributed by atoms with Gasteiger partial charge in [0, 0.05) is 5.69 Å². The molecule has 22 heavy (non-hydrogen) atoms. The number of rotatable bonds is 3. The number of carbonyl (C=O) groups is 3. The highest BCUT2D eigenvalue weighted by atomic mass is 16.2. The summed E-state index contributed by atoms with van der Waals surface area (Å²) >= 11 is 0. The summed E-state index contributed by atoms with van der Waals surface area (Å²) in [5, 5.41) is 2.73. The number of amides is 3. The molecule has 0 bridgehead atoms. The van der Waals surface area contributed by atoms with Crippen molar-refractivity contribution in [2.24, 2.45) is 11.8 Å². The summed E-state index contributed by atoms with van der Waals surface area (Å²) in [6.07, 6.45) is 5.04. The van der Waals surface area contributed by atoms with Crippen LogP contribution in [0, 0.1) is 18.8 Å². The fourth-order valence-corrected chi connectivity index (χ4v) is 3.09. The van der Waals surface area contributed by atoms with Crippen molar-refractivity contribution in [2.75, 3.05) is 11.9 Å². The normalized spacial score (nSPS) is 23.6. The summed E-state index contributed by atoms with van der Waals surface area (Å²) in [4.78, 5) is 37.8. The Bertz CT molecular complexity index is 640. The lowest BCUT2D eigenvalue weighted by molar-refractivity contribution is -0.142. The number of anilines is 1. The molecule has 1 saturated heterocycles. The Morgan fingerprint density at radius 2 is 1.82 bits per heavy atom. The van der Waals surface area contributed by atoms with Gasteiger partial charge in [-0.25, -0.2) is 0 Å². The molecule has 1 N–H and O–H groups in total. The molecular weight excluding hydrogens is 280 g/mol. The molecule has 2 atom stereocenters. The monoisotopic (exact) mass is 298 g/mol. The number of imide groups is 1. The third-order valence-electron chi connectivity index (χ3n) is 4.20. The molecule has 2 unspecified atom stereocenters. The van der Waals surface area contributed by atoms with E-state index >= 15 is 0 Å². The van der Waals surface area contributed by atoms with Gasteiger partial charge in [-0.15, -0.1) is 0 Å². The highest BCUT2D eigenvalue weighted by Gasteiger charge is 2.47. The summed E-state index contributed by atoms with van der Waals surface area (Å²) in [5.74, 6) is -1.37. The van der Waals surface area contributed by atoms with Gasteiger partial charge in [-0.1, -0.05) is 24.3 Å². The lowest BCUT2D eigenvalue weighted by atomic mass is 9.85. The highest BCUT2D eigenvalue weighted by molar-refractivity contribution is 6.08. The summed E-state index contributed by atoms with van der Waals surface area (Å²) in [5.41, 5.74) is 1.70. The molecule has 3 amide bonds. The summed E-state index contributed by atoms with van der Waals surface area (Å²) in [7, 11) is 0. The largest absolute Gasteiger partial charge is 0.325 e. The number of carbonyl (C=O) groups excluding carboxylic acids is 3. The van der Waals surface area contributed by atoms with Crippen LogP contribution in [0.2, 0.25) is 0 Å². The molecule has 1 aromatic rings. The van der Waals surface area contributed by atoms with Gasteiger partial charge in [-0.3, -0.25) is 19.3 Å². The van der Waals surface area contributed by atoms with E-state index in [1.54, 1.807) is 6.07 Å². The second-order valence-electron chi connectivity index (χ2n) is 5.84. The van der Waals surface area contributed by atoms with Gasteiger partial charge < -0.3 is 5.32 Å². The van der Waals surface area contributed by atoms with E-state index in [-0.39, 0.29) is 36.1 Å². The van der Waals surface area contributed by atoms with Crippen molar-refractivity contribution in [1.82, 2.24) is 4.90 Å². The third-order valence-corrected chi connectivity index (χ3v) is 4.20. The second kappa shape index (κ2) is 5.75. The van der Waals surface area contributed by atoms with Gasteiger partial charge in [0.2, 0.25) is 17.7 Å². The molecule has 0 spiro atoms. The molecule has 5 nitrogen and oxygen atoms in total. The van der Waals surface area contributed by atoms with Crippen molar-refractivity contribution in [3.63, 3.8) is 0 Å². The maximum absolute atomic E-state index is 12.3. The third kappa shape index (κ3) is 2.66. The lowest BCUT2D eigenvalue weighted by Gasteiger charge is -2.14. The van der Waals surface area contributed by atoms with Gasteiger partial charge in [0.25, 0.3) is 0 Å². The van der Waals surface area contributed by atoms with Crippen molar-refractivity contribution in [1.29, 1.82) is 0 Å². The molecule has 0 saturated carbocycles. The zero-order valence-corrected chi connectivity index (χ0v) is 12.4. The van der Waals surface area contributed by atoms with Crippen LogP contribution in [0.5, 0.6) is 0 Å². The molecule has 1 aliphatic carbocycles. The van der Waals surface area contributed by atoms with Gasteiger partial charge in [0.05, 0.1) is 11.8 Å². The van der Waals surface area contributed by atoms with Gasteiger partial charge >= 0.3 is 0 Å². The summed E-state index contributed by atoms with van der Waals surface area (Å²) < 4.78 is 0. The predicted molar refractivity (Wildman–Crippen MR) is 81.9 cm³/mol. The average molecular weight is 298 g/mol. The maximum atomic E-state index is 12.3. The lowest BCUT2D eigenvalue weighted by Crippen LogP contribution is -2.38. The molecule has 2 aliphatic rings. The molecule has 1 heterocycles. The van der Waals surface area contributed by atoms with Crippen LogP contribution in [0.4, 0.5) is 5.69 Å². The molecule has 1 aliphatic heterocycles. The number of fused-ring (bicyclic) bond motifs is 1. The molecule has 0 aromatic heterocycles. The first-order valence-electron chi connectivity index (χ1n) is 7.43. The minimum atomic E-state index is -0.348. The van der Waals surface area contributed by atoms with Crippen LogP contribution in [0.25, 0.3) is 0 Å². The first-order chi connectivity index (χ1) is 10.6. The van der Waals surface area contributed by atoms with E-state index in [1.807, 2.05) is 37.3 Å². The van der Waals surface area contributed by atoms with Gasteiger partial charge in [-0.2, -0.15) is 0 Å². The SMILES string of the molecule is Cc1cccc(NC(=O)CN2C(=O)C3CC=CCC3C2=O)c1. The van der Waals surface area contributed by atoms with E-state index < -0.39 is 0 Å². The Morgan fingerprint density at radius 1 is 1.18 bits per heavy atom. The molecule has 0 radical (unpaired) electrons. The Labute approximate surface area is 129 Å². The first kappa shape index (κ1) is 14.5. The number of nitrogens with zero attached hydrogens (tertiary/aromatic N) is 1. The van der Waals surface area contributed by atoms with E-state index in [1.165, 1.54) is 0 Å². The van der Waals surface area contributed by atoms with Crippen LogP contribution in [0.3, 0.4) is 0 Å². The average Bonchev–Trinajstić information content (AvgIpc) is 2.73. The van der Waals surface area contributed by atoms with Crippen LogP contribution in [-0.2, 0) is 14.4 Å². The van der Waals surface area contributed by atoms with E-state index in [0.29, 0.717) is 18.5 Å². The van der Waals surface area contributed by atoms with Crippen molar-refractivity contribution in [3.8, 4) is 0 Å². The Morgan fingerprint density at radius 3 is 2.41 bits per heavy atom. The zero-order chi connectivity index (χ0) is 15.7. The Balaban J connectivity index is 1.67. The van der Waals surface area contributed by atoms with Crippen molar-refractivity contribution >= 4 is 23.4 Å². The smallest absolute Gasteiger partial charge is 0.244 e. The van der Waals surface area contributed by atoms with E-state index in [9.17, 15) is 14.4 Å². The van der Waals surface area contributed by atoms with Crippen molar-refractivity contribution in [3.05, 3.63) is 42.0 Å². The molecule has 114 valence electrons. The maximum Gasteiger partial charge on any atom is 0.244 e. The Hall–Kier alpha value is -2.43. The highest BCUT2D eigenvalue weighted by Crippen LogP contribution is 2.34. The number of allylic oxidation sites excluding steroid dienone is 2. The van der Waals surface area contributed by atoms with Gasteiger partial charge in [0.1, 0.15) is 6.54 Å². The number of benzene rings is 1. The Kier molecular flexibility index (Phi) is 3.79. The number of aryl methyl sites for hydroxylation is 1.